The minimum atomic E-state index is -0.589. The second-order valence-electron chi connectivity index (χ2n) is 6.95. The number of hydrogen-bond donors (Lipinski definition) is 2. The highest BCUT2D eigenvalue weighted by atomic mass is 16.5. The number of azo groups is 1. The van der Waals surface area contributed by atoms with Crippen LogP contribution >= 0.6 is 0 Å². The van der Waals surface area contributed by atoms with Crippen molar-refractivity contribution in [1.82, 2.24) is 0 Å². The Morgan fingerprint density at radius 2 is 1.75 bits per heavy atom. The van der Waals surface area contributed by atoms with Gasteiger partial charge in [0.15, 0.2) is 11.9 Å². The number of ether oxygens (including phenoxy) is 1. The molecule has 2 aromatic carbocycles. The zero-order valence-corrected chi connectivity index (χ0v) is 18.2. The Morgan fingerprint density at radius 1 is 1.03 bits per heavy atom. The summed E-state index contributed by atoms with van der Waals surface area (Å²) < 4.78 is 7.26. The van der Waals surface area contributed by atoms with E-state index >= 15 is 0 Å². The molecule has 0 fully saturated rings. The molecule has 7 heteroatoms. The van der Waals surface area contributed by atoms with E-state index < -0.39 is 5.91 Å². The van der Waals surface area contributed by atoms with Gasteiger partial charge in [0.25, 0.3) is 5.91 Å². The number of benzene rings is 2. The molecule has 32 heavy (non-hydrogen) atoms. The molecule has 0 aliphatic heterocycles. The predicted octanol–water partition coefficient (Wildman–Crippen LogP) is 5.20. The monoisotopic (exact) mass is 429 g/mol. The number of amides is 1. The summed E-state index contributed by atoms with van der Waals surface area (Å²) in [7, 11) is 3.50. The minimum Gasteiger partial charge on any atom is -0.510 e. The van der Waals surface area contributed by atoms with Crippen LogP contribution in [0.5, 0.6) is 5.75 Å². The summed E-state index contributed by atoms with van der Waals surface area (Å²) in [4.78, 5) is 12.6. The van der Waals surface area contributed by atoms with Crippen LogP contribution in [-0.2, 0) is 11.8 Å². The standard InChI is InChI=1S/C25H24N4O3/c1-18(30)24(25(31)26-22-9-4-5-10-23(22)32-3)28-27-20-14-11-19(12-15-20)13-16-21-8-6-7-17-29(21)2/h4-17H,1-3H3,(H,26,31)/p+1. The van der Waals surface area contributed by atoms with Gasteiger partial charge in [-0.25, -0.2) is 4.57 Å². The van der Waals surface area contributed by atoms with Crippen LogP contribution in [0.4, 0.5) is 11.4 Å². The summed E-state index contributed by atoms with van der Waals surface area (Å²) in [6, 6.07) is 20.3. The summed E-state index contributed by atoms with van der Waals surface area (Å²) in [5.41, 5.74) is 2.91. The zero-order valence-electron chi connectivity index (χ0n) is 18.2. The van der Waals surface area contributed by atoms with Gasteiger partial charge in [0.2, 0.25) is 5.69 Å². The van der Waals surface area contributed by atoms with E-state index in [0.29, 0.717) is 17.1 Å². The topological polar surface area (TPSA) is 87.2 Å². The lowest BCUT2D eigenvalue weighted by atomic mass is 10.2. The highest BCUT2D eigenvalue weighted by Crippen LogP contribution is 2.24. The molecule has 0 radical (unpaired) electrons. The molecule has 0 spiro atoms. The molecule has 7 nitrogen and oxygen atoms in total. The minimum absolute atomic E-state index is 0.184. The Bertz CT molecular complexity index is 1180. The lowest BCUT2D eigenvalue weighted by molar-refractivity contribution is -0.673. The lowest BCUT2D eigenvalue weighted by Gasteiger charge is -2.09. The number of rotatable bonds is 7. The van der Waals surface area contributed by atoms with Crippen molar-refractivity contribution in [1.29, 1.82) is 0 Å². The van der Waals surface area contributed by atoms with Crippen LogP contribution in [0.2, 0.25) is 0 Å². The Hall–Kier alpha value is -4.26. The van der Waals surface area contributed by atoms with E-state index in [1.165, 1.54) is 14.0 Å². The lowest BCUT2D eigenvalue weighted by Crippen LogP contribution is -2.30. The molecule has 0 bridgehead atoms. The molecule has 3 rings (SSSR count). The molecule has 0 atom stereocenters. The molecule has 0 saturated carbocycles. The molecule has 0 aliphatic carbocycles. The Kier molecular flexibility index (Phi) is 7.48. The van der Waals surface area contributed by atoms with Crippen molar-refractivity contribution in [3.05, 3.63) is 95.6 Å². The predicted molar refractivity (Wildman–Crippen MR) is 124 cm³/mol. The first kappa shape index (κ1) is 22.4. The van der Waals surface area contributed by atoms with Gasteiger partial charge in [-0.15, -0.1) is 5.11 Å². The van der Waals surface area contributed by atoms with E-state index in [1.807, 2.05) is 60.3 Å². The average Bonchev–Trinajstić information content (AvgIpc) is 2.79. The van der Waals surface area contributed by atoms with Crippen LogP contribution in [0.15, 0.2) is 94.6 Å². The quantitative estimate of drug-likeness (QED) is 0.234. The third-order valence-electron chi connectivity index (χ3n) is 4.61. The van der Waals surface area contributed by atoms with Crippen molar-refractivity contribution in [3.63, 3.8) is 0 Å². The van der Waals surface area contributed by atoms with Crippen molar-refractivity contribution in [2.75, 3.05) is 12.4 Å². The molecule has 0 saturated heterocycles. The van der Waals surface area contributed by atoms with Gasteiger partial charge in [-0.05, 0) is 48.9 Å². The summed E-state index contributed by atoms with van der Waals surface area (Å²) in [5.74, 6) is -0.328. The number of aryl methyl sites for hydroxylation is 1. The van der Waals surface area contributed by atoms with Gasteiger partial charge in [0.1, 0.15) is 18.6 Å². The number of anilines is 1. The number of methoxy groups -OCH3 is 1. The smallest absolute Gasteiger partial charge is 0.279 e. The number of pyridine rings is 1. The van der Waals surface area contributed by atoms with Gasteiger partial charge in [-0.1, -0.05) is 24.3 Å². The Balaban J connectivity index is 1.71. The van der Waals surface area contributed by atoms with E-state index in [0.717, 1.165) is 11.3 Å². The average molecular weight is 430 g/mol. The van der Waals surface area contributed by atoms with Gasteiger partial charge in [0, 0.05) is 18.2 Å². The van der Waals surface area contributed by atoms with E-state index in [9.17, 15) is 9.90 Å². The number of aromatic nitrogens is 1. The summed E-state index contributed by atoms with van der Waals surface area (Å²) >= 11 is 0. The highest BCUT2D eigenvalue weighted by Gasteiger charge is 2.15. The summed E-state index contributed by atoms with van der Waals surface area (Å²) in [5, 5.41) is 20.7. The maximum absolute atomic E-state index is 12.6. The van der Waals surface area contributed by atoms with Crippen molar-refractivity contribution < 1.29 is 19.2 Å². The van der Waals surface area contributed by atoms with Crippen LogP contribution < -0.4 is 14.6 Å². The maximum Gasteiger partial charge on any atom is 0.279 e. The third kappa shape index (κ3) is 5.89. The molecule has 0 unspecified atom stereocenters. The number of para-hydroxylation sites is 2. The number of nitrogens with one attached hydrogen (secondary N) is 1. The number of hydrogen-bond acceptors (Lipinski definition) is 5. The van der Waals surface area contributed by atoms with Crippen molar-refractivity contribution in [2.24, 2.45) is 17.3 Å². The van der Waals surface area contributed by atoms with Crippen molar-refractivity contribution >= 4 is 29.4 Å². The molecule has 0 aliphatic rings. The highest BCUT2D eigenvalue weighted by molar-refractivity contribution is 6.04. The van der Waals surface area contributed by atoms with E-state index in [1.54, 1.807) is 36.4 Å². The second kappa shape index (κ2) is 10.7. The van der Waals surface area contributed by atoms with Gasteiger partial charge in [-0.3, -0.25) is 4.79 Å². The van der Waals surface area contributed by atoms with Crippen LogP contribution in [0.25, 0.3) is 12.2 Å². The SMILES string of the molecule is COc1ccccc1NC(=O)/C(N=Nc1ccc(C=Cc2cccc[n+]2C)cc1)=C(/C)O. The van der Waals surface area contributed by atoms with E-state index in [-0.39, 0.29) is 11.5 Å². The van der Waals surface area contributed by atoms with Gasteiger partial charge in [-0.2, -0.15) is 5.11 Å². The molecular formula is C25H25N4O3+. The van der Waals surface area contributed by atoms with Crippen LogP contribution in [0.1, 0.15) is 18.2 Å². The van der Waals surface area contributed by atoms with E-state index in [2.05, 4.69) is 15.5 Å². The first-order valence-corrected chi connectivity index (χ1v) is 9.96. The van der Waals surface area contributed by atoms with Crippen LogP contribution in [0.3, 0.4) is 0 Å². The molecule has 1 heterocycles. The zero-order chi connectivity index (χ0) is 22.9. The fourth-order valence-electron chi connectivity index (χ4n) is 2.86. The molecule has 1 amide bonds. The number of carbonyl (C=O) groups excluding carboxylic acids is 1. The molecule has 2 N–H and O–H groups in total. The first-order chi connectivity index (χ1) is 15.5. The fraction of sp³-hybridized carbons (Fsp3) is 0.120. The Morgan fingerprint density at radius 3 is 2.44 bits per heavy atom. The van der Waals surface area contributed by atoms with Crippen LogP contribution in [-0.4, -0.2) is 18.1 Å². The van der Waals surface area contributed by atoms with Gasteiger partial charge < -0.3 is 15.2 Å². The molecule has 3 aromatic rings. The van der Waals surface area contributed by atoms with Gasteiger partial charge in [0.05, 0.1) is 18.5 Å². The maximum atomic E-state index is 12.6. The largest absolute Gasteiger partial charge is 0.510 e. The number of allylic oxidation sites excluding steroid dienone is 1. The third-order valence-corrected chi connectivity index (χ3v) is 4.61. The van der Waals surface area contributed by atoms with E-state index in [4.69, 9.17) is 4.74 Å². The van der Waals surface area contributed by atoms with Crippen LogP contribution in [0, 0.1) is 0 Å². The molecular weight excluding hydrogens is 404 g/mol. The first-order valence-electron chi connectivity index (χ1n) is 9.96. The summed E-state index contributed by atoms with van der Waals surface area (Å²) in [6.45, 7) is 1.38. The number of nitrogens with zero attached hydrogens (tertiary/aromatic N) is 3. The molecule has 162 valence electrons. The number of aliphatic hydroxyl groups excluding tert-OH is 1. The second-order valence-corrected chi connectivity index (χ2v) is 6.95. The van der Waals surface area contributed by atoms with Gasteiger partial charge >= 0.3 is 0 Å². The summed E-state index contributed by atoms with van der Waals surface area (Å²) in [6.07, 6.45) is 6.01. The Labute approximate surface area is 187 Å². The fourth-order valence-corrected chi connectivity index (χ4v) is 2.86. The number of aliphatic hydroxyl groups is 1. The van der Waals surface area contributed by atoms with Crippen molar-refractivity contribution in [2.45, 2.75) is 6.92 Å². The van der Waals surface area contributed by atoms with Crippen molar-refractivity contribution in [3.8, 4) is 5.75 Å². The normalized spacial score (nSPS) is 12.1. The number of carbonyl (C=O) groups is 1. The molecule has 1 aromatic heterocycles.